The van der Waals surface area contributed by atoms with Crippen LogP contribution in [0, 0.1) is 35.0 Å². The van der Waals surface area contributed by atoms with Crippen LogP contribution in [0.4, 0.5) is 8.78 Å². The molecule has 6 rings (SSSR count). The van der Waals surface area contributed by atoms with Gasteiger partial charge in [-0.05, 0) is 81.3 Å². The van der Waals surface area contributed by atoms with Crippen molar-refractivity contribution in [3.05, 3.63) is 23.9 Å². The summed E-state index contributed by atoms with van der Waals surface area (Å²) in [5.41, 5.74) is -1.22. The lowest BCUT2D eigenvalue weighted by molar-refractivity contribution is -0.167. The van der Waals surface area contributed by atoms with Crippen molar-refractivity contribution in [2.24, 2.45) is 35.0 Å². The fourth-order valence-corrected chi connectivity index (χ4v) is 8.36. The van der Waals surface area contributed by atoms with Gasteiger partial charge in [-0.1, -0.05) is 27.7 Å². The van der Waals surface area contributed by atoms with Gasteiger partial charge in [0, 0.05) is 17.9 Å². The fourth-order valence-electron chi connectivity index (χ4n) is 8.36. The molecule has 2 aliphatic heterocycles. The van der Waals surface area contributed by atoms with E-state index in [1.54, 1.807) is 18.2 Å². The van der Waals surface area contributed by atoms with Gasteiger partial charge < -0.3 is 23.9 Å². The monoisotopic (exact) mass is 655 g/mol. The van der Waals surface area contributed by atoms with Gasteiger partial charge in [0.25, 0.3) is 5.92 Å². The first-order chi connectivity index (χ1) is 22.2. The lowest BCUT2D eigenvalue weighted by Crippen LogP contribution is -2.47. The molecule has 1 amide bonds. The van der Waals surface area contributed by atoms with Gasteiger partial charge >= 0.3 is 5.97 Å². The predicted molar refractivity (Wildman–Crippen MR) is 170 cm³/mol. The summed E-state index contributed by atoms with van der Waals surface area (Å²) >= 11 is 0. The van der Waals surface area contributed by atoms with Crippen LogP contribution in [-0.2, 0) is 25.0 Å². The van der Waals surface area contributed by atoms with Crippen LogP contribution in [0.5, 0.6) is 11.6 Å². The van der Waals surface area contributed by atoms with Crippen LogP contribution in [0.2, 0.25) is 0 Å². The smallest absolute Gasteiger partial charge is 0.307 e. The maximum Gasteiger partial charge on any atom is 0.307 e. The number of esters is 1. The van der Waals surface area contributed by atoms with Crippen molar-refractivity contribution >= 4 is 29.2 Å². The Bertz CT molecular complexity index is 1540. The second-order valence-electron chi connectivity index (χ2n) is 15.4. The molecule has 3 fully saturated rings. The van der Waals surface area contributed by atoms with Gasteiger partial charge in [-0.3, -0.25) is 9.59 Å². The number of nitrogens with zero attached hydrogens (tertiary/aromatic N) is 3. The number of halogens is 2. The van der Waals surface area contributed by atoms with E-state index < -0.39 is 58.5 Å². The molecular weight excluding hydrogens is 608 g/mol. The van der Waals surface area contributed by atoms with Crippen LogP contribution in [0.1, 0.15) is 91.7 Å². The van der Waals surface area contributed by atoms with Gasteiger partial charge in [-0.15, -0.1) is 0 Å². The molecule has 1 aromatic heterocycles. The molecule has 1 saturated heterocycles. The number of hydrogen-bond acceptors (Lipinski definition) is 8. The van der Waals surface area contributed by atoms with Gasteiger partial charge in [0.15, 0.2) is 5.69 Å². The topological polar surface area (TPSA) is 108 Å². The standard InChI is InChI=1S/C36H47F2N3O6/c1-7-23-28(19-42)41-18-29(23)46-32-31(39-26-13-12-22(45-6)16-27(26)40-32)36(37,38)24-15-20(24)10-11-21-9-8-14-35(21,5)47-30(43)17-25(33(41)44)34(2,3)4/h12-13,16,19-21,23-25,28-29H,7-11,14-15,17-18H2,1-6H3/t20?,21-,23-,24?,25+,28+,29-,35+/m0/s1. The summed E-state index contributed by atoms with van der Waals surface area (Å²) in [6, 6.07) is 4.03. The number of hydrogen-bond donors (Lipinski definition) is 0. The van der Waals surface area contributed by atoms with Crippen LogP contribution in [0.3, 0.4) is 0 Å². The molecule has 1 aromatic carbocycles. The number of fused-ring (bicyclic) bond motifs is 6. The zero-order valence-corrected chi connectivity index (χ0v) is 28.3. The Balaban J connectivity index is 1.45. The number of alkyl halides is 2. The third-order valence-corrected chi connectivity index (χ3v) is 11.4. The Morgan fingerprint density at radius 3 is 2.57 bits per heavy atom. The molecule has 8 atom stereocenters. The van der Waals surface area contributed by atoms with Crippen molar-refractivity contribution in [3.8, 4) is 11.6 Å². The van der Waals surface area contributed by atoms with Crippen molar-refractivity contribution in [2.45, 2.75) is 110 Å². The van der Waals surface area contributed by atoms with Crippen molar-refractivity contribution in [2.75, 3.05) is 13.7 Å². The number of aldehydes is 1. The van der Waals surface area contributed by atoms with Gasteiger partial charge in [-0.2, -0.15) is 8.78 Å². The van der Waals surface area contributed by atoms with E-state index in [4.69, 9.17) is 14.2 Å². The first-order valence-corrected chi connectivity index (χ1v) is 17.1. The average molecular weight is 656 g/mol. The highest BCUT2D eigenvalue weighted by Crippen LogP contribution is 2.58. The van der Waals surface area contributed by atoms with E-state index in [9.17, 15) is 14.4 Å². The number of aromatic nitrogens is 2. The van der Waals surface area contributed by atoms with E-state index >= 15 is 8.78 Å². The number of carbonyl (C=O) groups excluding carboxylic acids is 3. The summed E-state index contributed by atoms with van der Waals surface area (Å²) in [6.45, 7) is 9.48. The van der Waals surface area contributed by atoms with E-state index in [0.29, 0.717) is 48.9 Å². The summed E-state index contributed by atoms with van der Waals surface area (Å²) in [7, 11) is 1.51. The van der Waals surface area contributed by atoms with Crippen LogP contribution < -0.4 is 9.47 Å². The van der Waals surface area contributed by atoms with E-state index in [0.717, 1.165) is 19.1 Å². The summed E-state index contributed by atoms with van der Waals surface area (Å²) in [4.78, 5) is 51.0. The molecule has 2 unspecified atom stereocenters. The Labute approximate surface area is 275 Å². The fraction of sp³-hybridized carbons (Fsp3) is 0.694. The second kappa shape index (κ2) is 12.3. The van der Waals surface area contributed by atoms with E-state index in [1.165, 1.54) is 12.0 Å². The molecule has 3 heterocycles. The molecule has 47 heavy (non-hydrogen) atoms. The SMILES string of the molecule is CC[C@@H]1[C@@H]2CN(C(=O)[C@H](C(C)(C)C)CC(=O)O[C@]3(C)CCC[C@H]3CCC3CC3C(F)(F)c3nc4ccc(OC)cc4nc3O2)[C@@H]1C=O. The Morgan fingerprint density at radius 1 is 1.13 bits per heavy atom. The minimum absolute atomic E-state index is 0.0168. The highest BCUT2D eigenvalue weighted by Gasteiger charge is 2.59. The quantitative estimate of drug-likeness (QED) is 0.273. The highest BCUT2D eigenvalue weighted by atomic mass is 19.3. The zero-order valence-electron chi connectivity index (χ0n) is 28.3. The van der Waals surface area contributed by atoms with Crippen molar-refractivity contribution in [1.29, 1.82) is 0 Å². The summed E-state index contributed by atoms with van der Waals surface area (Å²) in [5, 5.41) is 0. The molecule has 2 saturated carbocycles. The van der Waals surface area contributed by atoms with Crippen molar-refractivity contribution in [1.82, 2.24) is 14.9 Å². The van der Waals surface area contributed by atoms with E-state index in [2.05, 4.69) is 9.97 Å². The van der Waals surface area contributed by atoms with E-state index in [1.807, 2.05) is 34.6 Å². The summed E-state index contributed by atoms with van der Waals surface area (Å²) < 4.78 is 51.0. The third kappa shape index (κ3) is 6.19. The average Bonchev–Trinajstić information content (AvgIpc) is 3.61. The Hall–Kier alpha value is -3.37. The van der Waals surface area contributed by atoms with Crippen molar-refractivity contribution < 1.29 is 37.4 Å². The Morgan fingerprint density at radius 2 is 1.89 bits per heavy atom. The number of rotatable bonds is 3. The number of benzene rings is 1. The molecule has 2 bridgehead atoms. The third-order valence-electron chi connectivity index (χ3n) is 11.4. The van der Waals surface area contributed by atoms with Crippen LogP contribution in [0.25, 0.3) is 11.0 Å². The summed E-state index contributed by atoms with van der Waals surface area (Å²) in [5.74, 6) is -6.26. The Kier molecular flexibility index (Phi) is 8.75. The van der Waals surface area contributed by atoms with Crippen LogP contribution >= 0.6 is 0 Å². The number of methoxy groups -OCH3 is 1. The van der Waals surface area contributed by atoms with Gasteiger partial charge in [0.2, 0.25) is 11.8 Å². The minimum atomic E-state index is -3.32. The van der Waals surface area contributed by atoms with Gasteiger partial charge in [-0.25, -0.2) is 9.97 Å². The molecule has 256 valence electrons. The minimum Gasteiger partial charge on any atom is -0.497 e. The number of amides is 1. The molecular formula is C36H47F2N3O6. The van der Waals surface area contributed by atoms with Gasteiger partial charge in [0.1, 0.15) is 23.7 Å². The lowest BCUT2D eigenvalue weighted by atomic mass is 9.77. The molecule has 2 aromatic rings. The maximum absolute atomic E-state index is 16.5. The largest absolute Gasteiger partial charge is 0.497 e. The van der Waals surface area contributed by atoms with E-state index in [-0.39, 0.29) is 36.6 Å². The number of ether oxygens (including phenoxy) is 3. The maximum atomic E-state index is 16.5. The van der Waals surface area contributed by atoms with Crippen LogP contribution in [-0.4, -0.2) is 64.4 Å². The molecule has 0 radical (unpaired) electrons. The molecule has 0 spiro atoms. The number of carbonyl (C=O) groups is 3. The second-order valence-corrected chi connectivity index (χ2v) is 15.4. The molecule has 9 nitrogen and oxygen atoms in total. The molecule has 2 aliphatic carbocycles. The van der Waals surface area contributed by atoms with Crippen LogP contribution in [0.15, 0.2) is 18.2 Å². The predicted octanol–water partition coefficient (Wildman–Crippen LogP) is 6.50. The molecule has 0 N–H and O–H groups in total. The molecule has 11 heteroatoms. The summed E-state index contributed by atoms with van der Waals surface area (Å²) in [6.07, 6.45) is 4.29. The van der Waals surface area contributed by atoms with Crippen molar-refractivity contribution in [3.63, 3.8) is 0 Å². The first-order valence-electron chi connectivity index (χ1n) is 17.1. The lowest BCUT2D eigenvalue weighted by Gasteiger charge is -2.36. The highest BCUT2D eigenvalue weighted by molar-refractivity contribution is 5.87. The first kappa shape index (κ1) is 33.5. The normalized spacial score (nSPS) is 34.3. The molecule has 4 aliphatic rings. The van der Waals surface area contributed by atoms with Gasteiger partial charge in [0.05, 0.1) is 43.1 Å². The zero-order chi connectivity index (χ0) is 33.9.